The number of sulfonamides is 1. The van der Waals surface area contributed by atoms with Crippen molar-refractivity contribution in [3.05, 3.63) is 57.6 Å². The van der Waals surface area contributed by atoms with E-state index in [9.17, 15) is 13.5 Å². The monoisotopic (exact) mass is 345 g/mol. The number of rotatable bonds is 4. The van der Waals surface area contributed by atoms with E-state index in [2.05, 4.69) is 4.72 Å². The Morgan fingerprint density at radius 3 is 2.33 bits per heavy atom. The molecule has 0 bridgehead atoms. The van der Waals surface area contributed by atoms with Crippen LogP contribution in [0.5, 0.6) is 0 Å². The summed E-state index contributed by atoms with van der Waals surface area (Å²) in [5.74, 6) is 0. The lowest BCUT2D eigenvalue weighted by molar-refractivity contribution is 0.281. The SMILES string of the molecule is Cc1ccc(S(=O)(=O)Nc2c(Cl)cccc2Cl)cc1CO. The second-order valence-electron chi connectivity index (χ2n) is 4.45. The Hall–Kier alpha value is -1.27. The predicted octanol–water partition coefficient (Wildman–Crippen LogP) is 3.59. The number of anilines is 1. The Morgan fingerprint density at radius 2 is 1.76 bits per heavy atom. The number of aliphatic hydroxyl groups excluding tert-OH is 1. The summed E-state index contributed by atoms with van der Waals surface area (Å²) in [6.45, 7) is 1.56. The summed E-state index contributed by atoms with van der Waals surface area (Å²) in [7, 11) is -3.84. The average Bonchev–Trinajstić information content (AvgIpc) is 2.43. The summed E-state index contributed by atoms with van der Waals surface area (Å²) in [5, 5.41) is 9.65. The van der Waals surface area contributed by atoms with Crippen molar-refractivity contribution in [1.29, 1.82) is 0 Å². The molecule has 0 aliphatic heterocycles. The molecule has 0 saturated heterocycles. The van der Waals surface area contributed by atoms with Gasteiger partial charge in [-0.1, -0.05) is 35.3 Å². The van der Waals surface area contributed by atoms with Crippen LogP contribution in [0.2, 0.25) is 10.0 Å². The number of nitrogens with one attached hydrogen (secondary N) is 1. The third-order valence-electron chi connectivity index (χ3n) is 3.00. The zero-order chi connectivity index (χ0) is 15.6. The van der Waals surface area contributed by atoms with Crippen molar-refractivity contribution in [3.63, 3.8) is 0 Å². The maximum absolute atomic E-state index is 12.4. The molecule has 0 fully saturated rings. The molecular weight excluding hydrogens is 333 g/mol. The summed E-state index contributed by atoms with van der Waals surface area (Å²) >= 11 is 11.9. The predicted molar refractivity (Wildman–Crippen MR) is 84.4 cm³/mol. The van der Waals surface area contributed by atoms with E-state index in [0.717, 1.165) is 5.56 Å². The van der Waals surface area contributed by atoms with Gasteiger partial charge in [0.2, 0.25) is 0 Å². The molecule has 0 aliphatic carbocycles. The minimum absolute atomic E-state index is 0.0353. The maximum atomic E-state index is 12.4. The third kappa shape index (κ3) is 3.49. The molecule has 7 heteroatoms. The van der Waals surface area contributed by atoms with Gasteiger partial charge < -0.3 is 5.11 Å². The summed E-state index contributed by atoms with van der Waals surface area (Å²) in [6.07, 6.45) is 0. The van der Waals surface area contributed by atoms with E-state index in [-0.39, 0.29) is 27.2 Å². The molecule has 0 aliphatic rings. The Morgan fingerprint density at radius 1 is 1.14 bits per heavy atom. The highest BCUT2D eigenvalue weighted by Crippen LogP contribution is 2.32. The number of benzene rings is 2. The molecule has 0 spiro atoms. The first kappa shape index (κ1) is 16.1. The first-order valence-corrected chi connectivity index (χ1v) is 8.26. The van der Waals surface area contributed by atoms with Crippen LogP contribution in [0.1, 0.15) is 11.1 Å². The molecule has 112 valence electrons. The Kier molecular flexibility index (Phi) is 4.78. The van der Waals surface area contributed by atoms with Crippen LogP contribution in [0, 0.1) is 6.92 Å². The molecule has 0 saturated carbocycles. The van der Waals surface area contributed by atoms with Crippen molar-refractivity contribution in [2.45, 2.75) is 18.4 Å². The lowest BCUT2D eigenvalue weighted by Crippen LogP contribution is -2.14. The molecule has 21 heavy (non-hydrogen) atoms. The van der Waals surface area contributed by atoms with Crippen LogP contribution in [0.3, 0.4) is 0 Å². The number of halogens is 2. The highest BCUT2D eigenvalue weighted by atomic mass is 35.5. The number of hydrogen-bond donors (Lipinski definition) is 2. The number of aliphatic hydroxyl groups is 1. The van der Waals surface area contributed by atoms with E-state index in [4.69, 9.17) is 23.2 Å². The molecule has 2 aromatic carbocycles. The fourth-order valence-corrected chi connectivity index (χ4v) is 3.53. The molecule has 2 aromatic rings. The van der Waals surface area contributed by atoms with Crippen LogP contribution in [0.25, 0.3) is 0 Å². The quantitative estimate of drug-likeness (QED) is 0.889. The van der Waals surface area contributed by atoms with E-state index >= 15 is 0 Å². The number of hydrogen-bond acceptors (Lipinski definition) is 3. The van der Waals surface area contributed by atoms with Crippen LogP contribution in [0.4, 0.5) is 5.69 Å². The molecule has 0 amide bonds. The van der Waals surface area contributed by atoms with E-state index in [1.54, 1.807) is 31.2 Å². The summed E-state index contributed by atoms with van der Waals surface area (Å²) < 4.78 is 27.1. The molecule has 2 N–H and O–H groups in total. The van der Waals surface area contributed by atoms with Gasteiger partial charge in [0.15, 0.2) is 0 Å². The largest absolute Gasteiger partial charge is 0.392 e. The van der Waals surface area contributed by atoms with Gasteiger partial charge in [-0.3, -0.25) is 4.72 Å². The summed E-state index contributed by atoms with van der Waals surface area (Å²) in [4.78, 5) is 0.0353. The molecular formula is C14H13Cl2NO3S. The summed E-state index contributed by atoms with van der Waals surface area (Å²) in [6, 6.07) is 9.22. The Balaban J connectivity index is 2.44. The zero-order valence-electron chi connectivity index (χ0n) is 11.1. The van der Waals surface area contributed by atoms with Crippen molar-refractivity contribution in [1.82, 2.24) is 0 Å². The average molecular weight is 346 g/mol. The van der Waals surface area contributed by atoms with Gasteiger partial charge in [0.05, 0.1) is 27.2 Å². The lowest BCUT2D eigenvalue weighted by Gasteiger charge is -2.12. The number of aryl methyl sites for hydroxylation is 1. The lowest BCUT2D eigenvalue weighted by atomic mass is 10.1. The van der Waals surface area contributed by atoms with Crippen LogP contribution < -0.4 is 4.72 Å². The van der Waals surface area contributed by atoms with E-state index in [1.807, 2.05) is 0 Å². The van der Waals surface area contributed by atoms with Gasteiger partial charge >= 0.3 is 0 Å². The number of para-hydroxylation sites is 1. The van der Waals surface area contributed by atoms with Crippen LogP contribution in [0.15, 0.2) is 41.3 Å². The topological polar surface area (TPSA) is 66.4 Å². The second kappa shape index (κ2) is 6.23. The molecule has 0 atom stereocenters. The first-order chi connectivity index (χ1) is 9.85. The van der Waals surface area contributed by atoms with Gasteiger partial charge in [0.1, 0.15) is 0 Å². The van der Waals surface area contributed by atoms with Crippen molar-refractivity contribution in [2.24, 2.45) is 0 Å². The second-order valence-corrected chi connectivity index (χ2v) is 6.95. The van der Waals surface area contributed by atoms with Crippen LogP contribution in [-0.4, -0.2) is 13.5 Å². The third-order valence-corrected chi connectivity index (χ3v) is 4.98. The van der Waals surface area contributed by atoms with Crippen LogP contribution in [-0.2, 0) is 16.6 Å². The van der Waals surface area contributed by atoms with Crippen molar-refractivity contribution < 1.29 is 13.5 Å². The van der Waals surface area contributed by atoms with Gasteiger partial charge in [-0.15, -0.1) is 0 Å². The fourth-order valence-electron chi connectivity index (χ4n) is 1.77. The van der Waals surface area contributed by atoms with Gasteiger partial charge in [-0.2, -0.15) is 0 Å². The van der Waals surface area contributed by atoms with E-state index in [1.165, 1.54) is 12.1 Å². The van der Waals surface area contributed by atoms with Crippen molar-refractivity contribution in [2.75, 3.05) is 4.72 Å². The molecule has 0 radical (unpaired) electrons. The smallest absolute Gasteiger partial charge is 0.261 e. The Bertz CT molecular complexity index is 756. The molecule has 0 heterocycles. The van der Waals surface area contributed by atoms with E-state index < -0.39 is 10.0 Å². The normalized spacial score (nSPS) is 11.4. The minimum atomic E-state index is -3.84. The summed E-state index contributed by atoms with van der Waals surface area (Å²) in [5.41, 5.74) is 1.49. The highest BCUT2D eigenvalue weighted by molar-refractivity contribution is 7.92. The zero-order valence-corrected chi connectivity index (χ0v) is 13.4. The fraction of sp³-hybridized carbons (Fsp3) is 0.143. The Labute approximate surface area is 133 Å². The molecule has 2 rings (SSSR count). The first-order valence-electron chi connectivity index (χ1n) is 6.02. The standard InChI is InChI=1S/C14H13Cl2NO3S/c1-9-5-6-11(7-10(9)8-18)21(19,20)17-14-12(15)3-2-4-13(14)16/h2-7,17-18H,8H2,1H3. The van der Waals surface area contributed by atoms with E-state index in [0.29, 0.717) is 5.56 Å². The molecule has 0 unspecified atom stereocenters. The van der Waals surface area contributed by atoms with Crippen LogP contribution >= 0.6 is 23.2 Å². The van der Waals surface area contributed by atoms with Gasteiger partial charge in [-0.05, 0) is 42.3 Å². The molecule has 4 nitrogen and oxygen atoms in total. The van der Waals surface area contributed by atoms with Crippen molar-refractivity contribution >= 4 is 38.9 Å². The van der Waals surface area contributed by atoms with Crippen molar-refractivity contribution in [3.8, 4) is 0 Å². The van der Waals surface area contributed by atoms with Gasteiger partial charge in [-0.25, -0.2) is 8.42 Å². The molecule has 0 aromatic heterocycles. The minimum Gasteiger partial charge on any atom is -0.392 e. The highest BCUT2D eigenvalue weighted by Gasteiger charge is 2.18. The maximum Gasteiger partial charge on any atom is 0.261 e. The van der Waals surface area contributed by atoms with Gasteiger partial charge in [0, 0.05) is 0 Å². The van der Waals surface area contributed by atoms with Gasteiger partial charge in [0.25, 0.3) is 10.0 Å².